The number of rotatable bonds is 2. The molecule has 0 bridgehead atoms. The predicted molar refractivity (Wildman–Crippen MR) is 84.0 cm³/mol. The zero-order valence-electron chi connectivity index (χ0n) is 12.3. The lowest BCUT2D eigenvalue weighted by atomic mass is 10.0. The van der Waals surface area contributed by atoms with Gasteiger partial charge in [-0.3, -0.25) is 4.79 Å². The van der Waals surface area contributed by atoms with Crippen molar-refractivity contribution in [1.29, 1.82) is 0 Å². The lowest BCUT2D eigenvalue weighted by Crippen LogP contribution is -2.33. The maximum Gasteiger partial charge on any atom is 0.273 e. The summed E-state index contributed by atoms with van der Waals surface area (Å²) in [7, 11) is 0. The molecule has 0 aromatic carbocycles. The number of amides is 1. The molecule has 0 radical (unpaired) electrons. The Hall–Kier alpha value is -2.02. The molecule has 114 valence electrons. The monoisotopic (exact) mass is 315 g/mol. The highest BCUT2D eigenvalue weighted by molar-refractivity contribution is 7.07. The second kappa shape index (κ2) is 5.31. The Morgan fingerprint density at radius 1 is 1.18 bits per heavy atom. The normalized spacial score (nSPS) is 23.9. The van der Waals surface area contributed by atoms with Crippen molar-refractivity contribution in [3.63, 3.8) is 0 Å². The molecule has 4 rings (SSSR count). The van der Waals surface area contributed by atoms with Crippen LogP contribution in [0, 0.1) is 18.8 Å². The van der Waals surface area contributed by atoms with Gasteiger partial charge in [-0.25, -0.2) is 15.0 Å². The van der Waals surface area contributed by atoms with Crippen molar-refractivity contribution in [2.45, 2.75) is 6.92 Å². The molecule has 0 spiro atoms. The van der Waals surface area contributed by atoms with Crippen LogP contribution in [0.5, 0.6) is 0 Å². The van der Waals surface area contributed by atoms with Gasteiger partial charge in [0.15, 0.2) is 0 Å². The van der Waals surface area contributed by atoms with E-state index < -0.39 is 0 Å². The topological polar surface area (TPSA) is 62.2 Å². The van der Waals surface area contributed by atoms with Crippen LogP contribution in [0.2, 0.25) is 0 Å². The molecule has 2 aromatic heterocycles. The van der Waals surface area contributed by atoms with Crippen LogP contribution in [0.1, 0.15) is 16.2 Å². The maximum atomic E-state index is 12.4. The summed E-state index contributed by atoms with van der Waals surface area (Å²) in [5, 5.41) is 1.83. The number of nitrogens with zero attached hydrogens (tertiary/aromatic N) is 5. The number of likely N-dealkylation sites (tertiary alicyclic amines) is 1. The summed E-state index contributed by atoms with van der Waals surface area (Å²) in [5.74, 6) is 2.12. The molecule has 4 heterocycles. The van der Waals surface area contributed by atoms with E-state index in [0.717, 1.165) is 37.7 Å². The maximum absolute atomic E-state index is 12.4. The van der Waals surface area contributed by atoms with E-state index >= 15 is 0 Å². The molecule has 2 aromatic rings. The number of carbonyl (C=O) groups is 1. The molecule has 6 nitrogen and oxygen atoms in total. The zero-order chi connectivity index (χ0) is 15.1. The van der Waals surface area contributed by atoms with Crippen LogP contribution in [0.4, 0.5) is 5.82 Å². The van der Waals surface area contributed by atoms with Gasteiger partial charge in [-0.15, -0.1) is 11.3 Å². The Morgan fingerprint density at radius 2 is 1.95 bits per heavy atom. The van der Waals surface area contributed by atoms with Gasteiger partial charge in [0, 0.05) is 55.2 Å². The lowest BCUT2D eigenvalue weighted by molar-refractivity contribution is 0.0777. The number of hydrogen-bond donors (Lipinski definition) is 0. The summed E-state index contributed by atoms with van der Waals surface area (Å²) in [4.78, 5) is 29.3. The molecule has 2 aliphatic heterocycles. The van der Waals surface area contributed by atoms with Crippen molar-refractivity contribution in [3.05, 3.63) is 34.7 Å². The van der Waals surface area contributed by atoms with Crippen LogP contribution >= 0.6 is 11.3 Å². The summed E-state index contributed by atoms with van der Waals surface area (Å²) in [6.07, 6.45) is 1.62. The Morgan fingerprint density at radius 3 is 2.59 bits per heavy atom. The van der Waals surface area contributed by atoms with Gasteiger partial charge in [-0.1, -0.05) is 0 Å². The van der Waals surface area contributed by atoms with Crippen molar-refractivity contribution in [2.75, 3.05) is 31.1 Å². The van der Waals surface area contributed by atoms with Gasteiger partial charge in [0.1, 0.15) is 17.8 Å². The molecule has 0 saturated carbocycles. The predicted octanol–water partition coefficient (Wildman–Crippen LogP) is 1.45. The largest absolute Gasteiger partial charge is 0.356 e. The minimum absolute atomic E-state index is 0.0695. The summed E-state index contributed by atoms with van der Waals surface area (Å²) < 4.78 is 0. The van der Waals surface area contributed by atoms with Gasteiger partial charge < -0.3 is 9.80 Å². The molecular weight excluding hydrogens is 298 g/mol. The second-order valence-corrected chi connectivity index (χ2v) is 6.75. The molecule has 1 amide bonds. The molecule has 0 aliphatic carbocycles. The quantitative estimate of drug-likeness (QED) is 0.839. The number of anilines is 1. The first kappa shape index (κ1) is 13.6. The van der Waals surface area contributed by atoms with Crippen LogP contribution in [0.25, 0.3) is 0 Å². The minimum atomic E-state index is 0.0695. The van der Waals surface area contributed by atoms with Gasteiger partial charge in [0.2, 0.25) is 0 Å². The Balaban J connectivity index is 1.43. The number of aryl methyl sites for hydroxylation is 1. The third-order valence-corrected chi connectivity index (χ3v) is 5.12. The standard InChI is InChI=1S/C15H17N5OS/c1-10-2-14(17-8-16-10)19-3-11-5-20(6-12(11)4-19)15(21)13-7-22-9-18-13/h2,7-9,11-12H,3-6H2,1H3. The fourth-order valence-corrected chi connectivity index (χ4v) is 3.97. The molecule has 2 unspecified atom stereocenters. The van der Waals surface area contributed by atoms with Crippen LogP contribution in [0.15, 0.2) is 23.3 Å². The number of hydrogen-bond acceptors (Lipinski definition) is 6. The van der Waals surface area contributed by atoms with E-state index in [9.17, 15) is 4.79 Å². The van der Waals surface area contributed by atoms with Crippen molar-refractivity contribution >= 4 is 23.1 Å². The highest BCUT2D eigenvalue weighted by Crippen LogP contribution is 2.33. The Labute approximate surface area is 132 Å². The van der Waals surface area contributed by atoms with Crippen molar-refractivity contribution in [3.8, 4) is 0 Å². The van der Waals surface area contributed by atoms with Gasteiger partial charge in [0.25, 0.3) is 5.91 Å². The number of fused-ring (bicyclic) bond motifs is 1. The summed E-state index contributed by atoms with van der Waals surface area (Å²) in [6, 6.07) is 2.03. The van der Waals surface area contributed by atoms with Crippen molar-refractivity contribution < 1.29 is 4.79 Å². The van der Waals surface area contributed by atoms with Crippen LogP contribution in [0.3, 0.4) is 0 Å². The molecule has 2 fully saturated rings. The Kier molecular flexibility index (Phi) is 3.29. The van der Waals surface area contributed by atoms with E-state index in [0.29, 0.717) is 17.5 Å². The van der Waals surface area contributed by atoms with Gasteiger partial charge in [0.05, 0.1) is 5.51 Å². The van der Waals surface area contributed by atoms with E-state index in [1.54, 1.807) is 11.8 Å². The van der Waals surface area contributed by atoms with Gasteiger partial charge in [-0.2, -0.15) is 0 Å². The number of aromatic nitrogens is 3. The van der Waals surface area contributed by atoms with Crippen molar-refractivity contribution in [1.82, 2.24) is 19.9 Å². The average molecular weight is 315 g/mol. The minimum Gasteiger partial charge on any atom is -0.356 e. The summed E-state index contributed by atoms with van der Waals surface area (Å²) in [5.41, 5.74) is 3.28. The average Bonchev–Trinajstić information content (AvgIpc) is 3.22. The van der Waals surface area contributed by atoms with Gasteiger partial charge in [-0.05, 0) is 6.92 Å². The van der Waals surface area contributed by atoms with Crippen molar-refractivity contribution in [2.24, 2.45) is 11.8 Å². The number of carbonyl (C=O) groups excluding carboxylic acids is 1. The SMILES string of the molecule is Cc1cc(N2CC3CN(C(=O)c4cscn4)CC3C2)ncn1. The highest BCUT2D eigenvalue weighted by Gasteiger charge is 2.42. The smallest absolute Gasteiger partial charge is 0.273 e. The fraction of sp³-hybridized carbons (Fsp3) is 0.467. The summed E-state index contributed by atoms with van der Waals surface area (Å²) >= 11 is 1.47. The fourth-order valence-electron chi connectivity index (χ4n) is 3.44. The van der Waals surface area contributed by atoms with Gasteiger partial charge >= 0.3 is 0 Å². The molecule has 22 heavy (non-hydrogen) atoms. The molecule has 2 atom stereocenters. The van der Waals surface area contributed by atoms with Crippen LogP contribution in [-0.4, -0.2) is 51.9 Å². The third-order valence-electron chi connectivity index (χ3n) is 4.54. The second-order valence-electron chi connectivity index (χ2n) is 6.03. The molecule has 2 aliphatic rings. The number of thiazole rings is 1. The zero-order valence-corrected chi connectivity index (χ0v) is 13.2. The molecule has 0 N–H and O–H groups in total. The van der Waals surface area contributed by atoms with E-state index in [-0.39, 0.29) is 5.91 Å². The van der Waals surface area contributed by atoms with E-state index in [4.69, 9.17) is 0 Å². The molecular formula is C15H17N5OS. The first-order valence-corrected chi connectivity index (χ1v) is 8.36. The molecule has 2 saturated heterocycles. The van der Waals surface area contributed by atoms with Crippen LogP contribution in [-0.2, 0) is 0 Å². The lowest BCUT2D eigenvalue weighted by Gasteiger charge is -2.22. The third kappa shape index (κ3) is 2.35. The molecule has 7 heteroatoms. The summed E-state index contributed by atoms with van der Waals surface area (Å²) in [6.45, 7) is 5.55. The first-order chi connectivity index (χ1) is 10.7. The Bertz CT molecular complexity index is 675. The van der Waals surface area contributed by atoms with E-state index in [1.165, 1.54) is 11.3 Å². The van der Waals surface area contributed by atoms with E-state index in [2.05, 4.69) is 19.9 Å². The first-order valence-electron chi connectivity index (χ1n) is 7.42. The van der Waals surface area contributed by atoms with E-state index in [1.807, 2.05) is 23.3 Å². The highest BCUT2D eigenvalue weighted by atomic mass is 32.1. The van der Waals surface area contributed by atoms with Crippen LogP contribution < -0.4 is 4.90 Å².